The normalized spacial score (nSPS) is 14.4. The van der Waals surface area contributed by atoms with Gasteiger partial charge in [0.2, 0.25) is 5.95 Å². The van der Waals surface area contributed by atoms with E-state index in [0.29, 0.717) is 39.8 Å². The van der Waals surface area contributed by atoms with Gasteiger partial charge in [0, 0.05) is 54.1 Å². The molecule has 32 heavy (non-hydrogen) atoms. The first-order valence-corrected chi connectivity index (χ1v) is 11.6. The van der Waals surface area contributed by atoms with Gasteiger partial charge in [-0.3, -0.25) is 0 Å². The molecule has 0 spiro atoms. The van der Waals surface area contributed by atoms with Gasteiger partial charge >= 0.3 is 0 Å². The maximum absolute atomic E-state index is 6.28. The fourth-order valence-electron chi connectivity index (χ4n) is 3.58. The van der Waals surface area contributed by atoms with Crippen molar-refractivity contribution in [2.75, 3.05) is 55.3 Å². The van der Waals surface area contributed by atoms with E-state index in [0.717, 1.165) is 37.4 Å². The highest BCUT2D eigenvalue weighted by Gasteiger charge is 2.14. The average Bonchev–Trinajstić information content (AvgIpc) is 2.79. The smallest absolute Gasteiger partial charge is 0.229 e. The van der Waals surface area contributed by atoms with Gasteiger partial charge in [0.1, 0.15) is 5.02 Å². The number of likely N-dealkylation sites (N-methyl/N-ethyl adjacent to an activating group) is 1. The largest absolute Gasteiger partial charge is 0.369 e. The van der Waals surface area contributed by atoms with Crippen molar-refractivity contribution in [2.24, 2.45) is 0 Å². The Kier molecular flexibility index (Phi) is 7.58. The maximum atomic E-state index is 6.28. The van der Waals surface area contributed by atoms with Gasteiger partial charge in [-0.1, -0.05) is 40.9 Å². The standard InChI is InChI=1S/C23H25Cl3N6/c1-31-11-13-32(14-12-31)17-7-5-16(6-8-17)29-23-28-15-21(26)22(30-23)27-10-9-18-19(24)3-2-4-20(18)25/h2-8,15H,9-14H2,1H3,(H2,27,28,29,30). The van der Waals surface area contributed by atoms with Crippen molar-refractivity contribution in [1.82, 2.24) is 14.9 Å². The van der Waals surface area contributed by atoms with Crippen molar-refractivity contribution < 1.29 is 0 Å². The van der Waals surface area contributed by atoms with Gasteiger partial charge in [-0.05, 0) is 55.4 Å². The van der Waals surface area contributed by atoms with Crippen LogP contribution in [0.2, 0.25) is 15.1 Å². The van der Waals surface area contributed by atoms with Crippen LogP contribution in [0.5, 0.6) is 0 Å². The number of benzene rings is 2. The first-order valence-electron chi connectivity index (χ1n) is 10.5. The van der Waals surface area contributed by atoms with E-state index in [-0.39, 0.29) is 0 Å². The van der Waals surface area contributed by atoms with Gasteiger partial charge in [0.15, 0.2) is 5.82 Å². The summed E-state index contributed by atoms with van der Waals surface area (Å²) in [6.45, 7) is 4.82. The summed E-state index contributed by atoms with van der Waals surface area (Å²) in [6.07, 6.45) is 2.23. The SMILES string of the molecule is CN1CCN(c2ccc(Nc3ncc(Cl)c(NCCc4c(Cl)cccc4Cl)n3)cc2)CC1. The van der Waals surface area contributed by atoms with E-state index in [4.69, 9.17) is 34.8 Å². The van der Waals surface area contributed by atoms with Gasteiger partial charge < -0.3 is 20.4 Å². The number of anilines is 4. The number of aromatic nitrogens is 2. The molecule has 0 bridgehead atoms. The number of hydrogen-bond donors (Lipinski definition) is 2. The Balaban J connectivity index is 1.37. The molecule has 1 saturated heterocycles. The fraction of sp³-hybridized carbons (Fsp3) is 0.304. The Bertz CT molecular complexity index is 1030. The lowest BCUT2D eigenvalue weighted by Crippen LogP contribution is -2.44. The highest BCUT2D eigenvalue weighted by atomic mass is 35.5. The second kappa shape index (κ2) is 10.6. The Hall–Kier alpha value is -2.25. The van der Waals surface area contributed by atoms with Crippen LogP contribution in [-0.4, -0.2) is 54.6 Å². The molecular formula is C23H25Cl3N6. The summed E-state index contributed by atoms with van der Waals surface area (Å²) in [6, 6.07) is 13.8. The number of rotatable bonds is 7. The fourth-order valence-corrected chi connectivity index (χ4v) is 4.32. The van der Waals surface area contributed by atoms with E-state index in [1.165, 1.54) is 5.69 Å². The van der Waals surface area contributed by atoms with Crippen molar-refractivity contribution in [2.45, 2.75) is 6.42 Å². The van der Waals surface area contributed by atoms with Crippen LogP contribution in [0.4, 0.5) is 23.1 Å². The van der Waals surface area contributed by atoms with E-state index >= 15 is 0 Å². The second-order valence-electron chi connectivity index (χ2n) is 7.73. The lowest BCUT2D eigenvalue weighted by atomic mass is 10.1. The Morgan fingerprint density at radius 3 is 2.28 bits per heavy atom. The molecule has 0 atom stereocenters. The first-order chi connectivity index (χ1) is 15.5. The van der Waals surface area contributed by atoms with Gasteiger partial charge in [-0.2, -0.15) is 4.98 Å². The molecular weight excluding hydrogens is 467 g/mol. The minimum Gasteiger partial charge on any atom is -0.369 e. The predicted octanol–water partition coefficient (Wildman–Crippen LogP) is 5.59. The van der Waals surface area contributed by atoms with Crippen LogP contribution < -0.4 is 15.5 Å². The minimum atomic E-state index is 0.450. The van der Waals surface area contributed by atoms with Crippen LogP contribution in [0.15, 0.2) is 48.7 Å². The Labute approximate surface area is 203 Å². The Morgan fingerprint density at radius 2 is 1.59 bits per heavy atom. The number of nitrogens with one attached hydrogen (secondary N) is 2. The number of hydrogen-bond acceptors (Lipinski definition) is 6. The van der Waals surface area contributed by atoms with E-state index in [1.54, 1.807) is 6.20 Å². The molecule has 1 aromatic heterocycles. The molecule has 6 nitrogen and oxygen atoms in total. The van der Waals surface area contributed by atoms with Crippen molar-refractivity contribution in [3.63, 3.8) is 0 Å². The molecule has 168 valence electrons. The molecule has 2 N–H and O–H groups in total. The summed E-state index contributed by atoms with van der Waals surface area (Å²) in [5.74, 6) is 1.03. The zero-order chi connectivity index (χ0) is 22.5. The van der Waals surface area contributed by atoms with Crippen molar-refractivity contribution in [3.8, 4) is 0 Å². The van der Waals surface area contributed by atoms with Gasteiger partial charge in [-0.15, -0.1) is 0 Å². The van der Waals surface area contributed by atoms with Crippen molar-refractivity contribution in [1.29, 1.82) is 0 Å². The highest BCUT2D eigenvalue weighted by Crippen LogP contribution is 2.26. The summed E-state index contributed by atoms with van der Waals surface area (Å²) in [5.41, 5.74) is 3.03. The molecule has 0 unspecified atom stereocenters. The third kappa shape index (κ3) is 5.75. The third-order valence-electron chi connectivity index (χ3n) is 5.47. The summed E-state index contributed by atoms with van der Waals surface area (Å²) >= 11 is 18.8. The summed E-state index contributed by atoms with van der Waals surface area (Å²) < 4.78 is 0. The molecule has 0 saturated carbocycles. The molecule has 2 heterocycles. The molecule has 1 aliphatic heterocycles. The molecule has 3 aromatic rings. The van der Waals surface area contributed by atoms with Crippen LogP contribution in [-0.2, 0) is 6.42 Å². The molecule has 0 radical (unpaired) electrons. The highest BCUT2D eigenvalue weighted by molar-refractivity contribution is 6.36. The zero-order valence-corrected chi connectivity index (χ0v) is 20.1. The molecule has 0 aliphatic carbocycles. The van der Waals surface area contributed by atoms with Crippen LogP contribution >= 0.6 is 34.8 Å². The van der Waals surface area contributed by atoms with E-state index < -0.39 is 0 Å². The average molecular weight is 492 g/mol. The minimum absolute atomic E-state index is 0.450. The van der Waals surface area contributed by atoms with Gasteiger partial charge in [-0.25, -0.2) is 4.98 Å². The molecule has 0 amide bonds. The summed E-state index contributed by atoms with van der Waals surface area (Å²) in [5, 5.41) is 8.24. The van der Waals surface area contributed by atoms with E-state index in [2.05, 4.69) is 49.6 Å². The van der Waals surface area contributed by atoms with Crippen LogP contribution in [0, 0.1) is 0 Å². The monoisotopic (exact) mass is 490 g/mol. The molecule has 4 rings (SSSR count). The van der Waals surface area contributed by atoms with E-state index in [9.17, 15) is 0 Å². The Morgan fingerprint density at radius 1 is 0.906 bits per heavy atom. The van der Waals surface area contributed by atoms with E-state index in [1.807, 2.05) is 30.3 Å². The first kappa shape index (κ1) is 22.9. The predicted molar refractivity (Wildman–Crippen MR) is 135 cm³/mol. The topological polar surface area (TPSA) is 56.3 Å². The lowest BCUT2D eigenvalue weighted by Gasteiger charge is -2.34. The van der Waals surface area contributed by atoms with Crippen LogP contribution in [0.25, 0.3) is 0 Å². The molecule has 1 aliphatic rings. The van der Waals surface area contributed by atoms with Crippen molar-refractivity contribution >= 4 is 57.9 Å². The van der Waals surface area contributed by atoms with Crippen molar-refractivity contribution in [3.05, 3.63) is 69.3 Å². The zero-order valence-electron chi connectivity index (χ0n) is 17.8. The summed E-state index contributed by atoms with van der Waals surface area (Å²) in [4.78, 5) is 13.6. The number of halogens is 3. The lowest BCUT2D eigenvalue weighted by molar-refractivity contribution is 0.313. The number of piperazine rings is 1. The molecule has 2 aromatic carbocycles. The number of nitrogens with zero attached hydrogens (tertiary/aromatic N) is 4. The summed E-state index contributed by atoms with van der Waals surface area (Å²) in [7, 11) is 2.16. The van der Waals surface area contributed by atoms with Gasteiger partial charge in [0.25, 0.3) is 0 Å². The third-order valence-corrected chi connectivity index (χ3v) is 6.45. The molecule has 1 fully saturated rings. The quantitative estimate of drug-likeness (QED) is 0.449. The second-order valence-corrected chi connectivity index (χ2v) is 8.95. The van der Waals surface area contributed by atoms with Crippen LogP contribution in [0.3, 0.4) is 0 Å². The maximum Gasteiger partial charge on any atom is 0.229 e. The van der Waals surface area contributed by atoms with Crippen LogP contribution in [0.1, 0.15) is 5.56 Å². The molecule has 9 heteroatoms. The van der Waals surface area contributed by atoms with Gasteiger partial charge in [0.05, 0.1) is 6.20 Å².